The maximum absolute atomic E-state index is 11.9. The zero-order valence-electron chi connectivity index (χ0n) is 14.5. The molecule has 2 N–H and O–H groups in total. The van der Waals surface area contributed by atoms with Crippen LogP contribution in [0.1, 0.15) is 25.7 Å². The summed E-state index contributed by atoms with van der Waals surface area (Å²) in [6, 6.07) is 11.0. The maximum atomic E-state index is 11.9. The van der Waals surface area contributed by atoms with Crippen molar-refractivity contribution in [2.24, 2.45) is 0 Å². The fourth-order valence-electron chi connectivity index (χ4n) is 3.63. The fourth-order valence-corrected chi connectivity index (χ4v) is 3.63. The number of benzene rings is 1. The van der Waals surface area contributed by atoms with Gasteiger partial charge in [0, 0.05) is 50.9 Å². The molecule has 0 spiro atoms. The smallest absolute Gasteiger partial charge is 0.221 e. The largest absolute Gasteiger partial charge is 0.369 e. The average molecular weight is 330 g/mol. The van der Waals surface area contributed by atoms with E-state index < -0.39 is 0 Å². The predicted octanol–water partition coefficient (Wildman–Crippen LogP) is 1.46. The number of amides is 1. The summed E-state index contributed by atoms with van der Waals surface area (Å²) in [5.41, 5.74) is 1.32. The van der Waals surface area contributed by atoms with Gasteiger partial charge in [0.2, 0.25) is 5.91 Å². The topological polar surface area (TPSA) is 47.6 Å². The first kappa shape index (κ1) is 17.2. The second kappa shape index (κ2) is 9.04. The van der Waals surface area contributed by atoms with E-state index >= 15 is 0 Å². The van der Waals surface area contributed by atoms with Crippen LogP contribution in [0.3, 0.4) is 0 Å². The number of nitrogens with zero attached hydrogens (tertiary/aromatic N) is 2. The van der Waals surface area contributed by atoms with Crippen molar-refractivity contribution in [3.8, 4) is 0 Å². The van der Waals surface area contributed by atoms with Crippen molar-refractivity contribution in [1.29, 1.82) is 0 Å². The van der Waals surface area contributed by atoms with Gasteiger partial charge in [-0.3, -0.25) is 9.69 Å². The monoisotopic (exact) mass is 330 g/mol. The van der Waals surface area contributed by atoms with Crippen molar-refractivity contribution in [3.05, 3.63) is 30.3 Å². The highest BCUT2D eigenvalue weighted by Crippen LogP contribution is 2.15. The van der Waals surface area contributed by atoms with Crippen LogP contribution in [0.2, 0.25) is 0 Å². The molecule has 0 radical (unpaired) electrons. The van der Waals surface area contributed by atoms with E-state index in [9.17, 15) is 4.79 Å². The highest BCUT2D eigenvalue weighted by molar-refractivity contribution is 5.76. The van der Waals surface area contributed by atoms with Gasteiger partial charge in [0.15, 0.2) is 0 Å². The van der Waals surface area contributed by atoms with Crippen molar-refractivity contribution in [2.45, 2.75) is 31.7 Å². The first-order chi connectivity index (χ1) is 11.8. The molecule has 2 fully saturated rings. The minimum atomic E-state index is 0.197. The molecule has 2 aliphatic rings. The van der Waals surface area contributed by atoms with Crippen molar-refractivity contribution < 1.29 is 4.79 Å². The summed E-state index contributed by atoms with van der Waals surface area (Å²) < 4.78 is 0. The van der Waals surface area contributed by atoms with Crippen LogP contribution >= 0.6 is 0 Å². The molecule has 1 amide bonds. The molecule has 2 aliphatic heterocycles. The lowest BCUT2D eigenvalue weighted by Gasteiger charge is -2.36. The third kappa shape index (κ3) is 5.21. The van der Waals surface area contributed by atoms with Gasteiger partial charge in [0.05, 0.1) is 0 Å². The SMILES string of the molecule is O=C(CC1CCCN1)NCCCN1CCN(c2ccccc2)CC1. The van der Waals surface area contributed by atoms with Crippen LogP contribution in [0.4, 0.5) is 5.69 Å². The Morgan fingerprint density at radius 3 is 2.67 bits per heavy atom. The van der Waals surface area contributed by atoms with Crippen molar-refractivity contribution in [2.75, 3.05) is 50.7 Å². The van der Waals surface area contributed by atoms with Gasteiger partial charge in [-0.05, 0) is 44.5 Å². The molecule has 132 valence electrons. The van der Waals surface area contributed by atoms with Gasteiger partial charge in [0.1, 0.15) is 0 Å². The Bertz CT molecular complexity index is 493. The van der Waals surface area contributed by atoms with Gasteiger partial charge in [-0.25, -0.2) is 0 Å². The first-order valence-corrected chi connectivity index (χ1v) is 9.34. The van der Waals surface area contributed by atoms with Crippen molar-refractivity contribution in [3.63, 3.8) is 0 Å². The molecule has 1 unspecified atom stereocenters. The highest BCUT2D eigenvalue weighted by atomic mass is 16.1. The second-order valence-electron chi connectivity index (χ2n) is 6.87. The summed E-state index contributed by atoms with van der Waals surface area (Å²) in [4.78, 5) is 16.8. The molecular formula is C19H30N4O. The van der Waals surface area contributed by atoms with Crippen molar-refractivity contribution in [1.82, 2.24) is 15.5 Å². The van der Waals surface area contributed by atoms with Crippen molar-refractivity contribution >= 4 is 11.6 Å². The number of hydrogen-bond donors (Lipinski definition) is 2. The molecule has 24 heavy (non-hydrogen) atoms. The van der Waals surface area contributed by atoms with Gasteiger partial charge < -0.3 is 15.5 Å². The van der Waals surface area contributed by atoms with E-state index in [0.29, 0.717) is 12.5 Å². The zero-order valence-corrected chi connectivity index (χ0v) is 14.5. The molecule has 3 rings (SSSR count). The summed E-state index contributed by atoms with van der Waals surface area (Å²) in [6.45, 7) is 7.32. The van der Waals surface area contributed by atoms with Crippen LogP contribution in [0, 0.1) is 0 Å². The van der Waals surface area contributed by atoms with E-state index in [1.54, 1.807) is 0 Å². The number of para-hydroxylation sites is 1. The summed E-state index contributed by atoms with van der Waals surface area (Å²) in [6.07, 6.45) is 4.01. The van der Waals surface area contributed by atoms with E-state index in [2.05, 4.69) is 50.8 Å². The quantitative estimate of drug-likeness (QED) is 0.743. The van der Waals surface area contributed by atoms with Gasteiger partial charge in [-0.2, -0.15) is 0 Å². The number of anilines is 1. The summed E-state index contributed by atoms with van der Waals surface area (Å²) in [5, 5.41) is 6.44. The third-order valence-electron chi connectivity index (χ3n) is 5.06. The number of nitrogens with one attached hydrogen (secondary N) is 2. The van der Waals surface area contributed by atoms with Crippen LogP contribution < -0.4 is 15.5 Å². The predicted molar refractivity (Wildman–Crippen MR) is 98.4 cm³/mol. The van der Waals surface area contributed by atoms with E-state index in [0.717, 1.165) is 58.7 Å². The van der Waals surface area contributed by atoms with E-state index in [1.807, 2.05) is 0 Å². The lowest BCUT2D eigenvalue weighted by Crippen LogP contribution is -2.47. The summed E-state index contributed by atoms with van der Waals surface area (Å²) in [7, 11) is 0. The fraction of sp³-hybridized carbons (Fsp3) is 0.632. The number of hydrogen-bond acceptors (Lipinski definition) is 4. The Labute approximate surface area is 145 Å². The maximum Gasteiger partial charge on any atom is 0.221 e. The standard InChI is InChI=1S/C19H30N4O/c24-19(16-17-6-4-9-20-17)21-10-5-11-22-12-14-23(15-13-22)18-7-2-1-3-8-18/h1-3,7-8,17,20H,4-6,9-16H2,(H,21,24). The van der Waals surface area contributed by atoms with Gasteiger partial charge >= 0.3 is 0 Å². The van der Waals surface area contributed by atoms with Crippen LogP contribution in [0.5, 0.6) is 0 Å². The van der Waals surface area contributed by atoms with Crippen LogP contribution in [0.25, 0.3) is 0 Å². The Hall–Kier alpha value is -1.59. The van der Waals surface area contributed by atoms with Crippen LogP contribution in [0.15, 0.2) is 30.3 Å². The van der Waals surface area contributed by atoms with E-state index in [4.69, 9.17) is 0 Å². The molecule has 1 aromatic carbocycles. The number of rotatable bonds is 7. The van der Waals surface area contributed by atoms with Gasteiger partial charge in [-0.1, -0.05) is 18.2 Å². The number of piperazine rings is 1. The third-order valence-corrected chi connectivity index (χ3v) is 5.06. The lowest BCUT2D eigenvalue weighted by molar-refractivity contribution is -0.121. The number of carbonyl (C=O) groups is 1. The lowest BCUT2D eigenvalue weighted by atomic mass is 10.1. The zero-order chi connectivity index (χ0) is 16.6. The molecule has 2 heterocycles. The second-order valence-corrected chi connectivity index (χ2v) is 6.87. The Balaban J connectivity index is 1.26. The number of carbonyl (C=O) groups excluding carboxylic acids is 1. The van der Waals surface area contributed by atoms with E-state index in [-0.39, 0.29) is 5.91 Å². The van der Waals surface area contributed by atoms with E-state index in [1.165, 1.54) is 12.1 Å². The molecule has 2 saturated heterocycles. The van der Waals surface area contributed by atoms with Gasteiger partial charge in [0.25, 0.3) is 0 Å². The molecule has 1 aromatic rings. The Kier molecular flexibility index (Phi) is 6.49. The highest BCUT2D eigenvalue weighted by Gasteiger charge is 2.18. The normalized spacial score (nSPS) is 21.8. The van der Waals surface area contributed by atoms with Crippen LogP contribution in [-0.2, 0) is 4.79 Å². The minimum absolute atomic E-state index is 0.197. The van der Waals surface area contributed by atoms with Crippen LogP contribution in [-0.4, -0.2) is 62.7 Å². The molecular weight excluding hydrogens is 300 g/mol. The first-order valence-electron chi connectivity index (χ1n) is 9.34. The average Bonchev–Trinajstić information content (AvgIpc) is 3.13. The Morgan fingerprint density at radius 2 is 1.96 bits per heavy atom. The molecule has 1 atom stereocenters. The summed E-state index contributed by atoms with van der Waals surface area (Å²) >= 11 is 0. The molecule has 0 aliphatic carbocycles. The molecule has 0 aromatic heterocycles. The minimum Gasteiger partial charge on any atom is -0.369 e. The summed E-state index contributed by atoms with van der Waals surface area (Å²) in [5.74, 6) is 0.197. The molecule has 5 heteroatoms. The molecule has 5 nitrogen and oxygen atoms in total. The van der Waals surface area contributed by atoms with Gasteiger partial charge in [-0.15, -0.1) is 0 Å². The molecule has 0 saturated carbocycles. The molecule has 0 bridgehead atoms. The Morgan fingerprint density at radius 1 is 1.17 bits per heavy atom.